The van der Waals surface area contributed by atoms with E-state index in [0.29, 0.717) is 0 Å². The summed E-state index contributed by atoms with van der Waals surface area (Å²) in [6.07, 6.45) is 6.27. The molecule has 0 spiro atoms. The van der Waals surface area contributed by atoms with Gasteiger partial charge in [0.15, 0.2) is 5.82 Å². The van der Waals surface area contributed by atoms with Gasteiger partial charge in [-0.2, -0.15) is 0 Å². The lowest BCUT2D eigenvalue weighted by Crippen LogP contribution is -2.37. The molecule has 1 aromatic heterocycles. The van der Waals surface area contributed by atoms with E-state index in [1.807, 2.05) is 25.7 Å². The summed E-state index contributed by atoms with van der Waals surface area (Å²) in [4.78, 5) is 14.3. The third-order valence-corrected chi connectivity index (χ3v) is 4.32. The molecule has 0 bridgehead atoms. The molecule has 0 radical (unpaired) electrons. The number of aryl methyl sites for hydroxylation is 1. The Hall–Kier alpha value is -1.59. The number of carbonyl (C=O) groups excluding carboxylic acids is 1. The molecule has 6 heteroatoms. The summed E-state index contributed by atoms with van der Waals surface area (Å²) in [5.74, 6) is 2.02. The molecule has 1 fully saturated rings. The molecule has 0 saturated carbocycles. The maximum atomic E-state index is 12.4. The van der Waals surface area contributed by atoms with E-state index in [0.717, 1.165) is 50.4 Å². The van der Waals surface area contributed by atoms with Gasteiger partial charge in [0, 0.05) is 19.5 Å². The van der Waals surface area contributed by atoms with Crippen LogP contribution < -0.4 is 0 Å². The highest BCUT2D eigenvalue weighted by Gasteiger charge is 2.36. The van der Waals surface area contributed by atoms with Crippen LogP contribution in [0.3, 0.4) is 0 Å². The van der Waals surface area contributed by atoms with Crippen molar-refractivity contribution in [3.63, 3.8) is 0 Å². The smallest absolute Gasteiger partial charge is 0.410 e. The van der Waals surface area contributed by atoms with E-state index in [4.69, 9.17) is 4.74 Å². The number of rotatable bonds is 1. The second-order valence-corrected chi connectivity index (χ2v) is 7.27. The molecule has 0 N–H and O–H groups in total. The zero-order valence-corrected chi connectivity index (χ0v) is 13.8. The van der Waals surface area contributed by atoms with Gasteiger partial charge in [-0.1, -0.05) is 6.42 Å². The highest BCUT2D eigenvalue weighted by Crippen LogP contribution is 2.33. The average molecular weight is 306 g/mol. The van der Waals surface area contributed by atoms with Crippen molar-refractivity contribution >= 4 is 6.09 Å². The van der Waals surface area contributed by atoms with Crippen LogP contribution in [0.15, 0.2) is 0 Å². The fraction of sp³-hybridized carbons (Fsp3) is 0.812. The summed E-state index contributed by atoms with van der Waals surface area (Å²) >= 11 is 0. The van der Waals surface area contributed by atoms with Gasteiger partial charge in [-0.15, -0.1) is 10.2 Å². The van der Waals surface area contributed by atoms with Crippen LogP contribution in [0.25, 0.3) is 0 Å². The highest BCUT2D eigenvalue weighted by molar-refractivity contribution is 5.69. The second-order valence-electron chi connectivity index (χ2n) is 7.27. The number of hydrogen-bond donors (Lipinski definition) is 0. The standard InChI is InChI=1S/C16H26N4O2/c1-16(2,3)22-15(21)19-11-7-8-12(19)14-18-17-13-9-5-4-6-10-20(13)14/h12H,4-11H2,1-3H3/t12-/m0/s1. The van der Waals surface area contributed by atoms with E-state index in [2.05, 4.69) is 14.8 Å². The van der Waals surface area contributed by atoms with Crippen molar-refractivity contribution in [2.45, 2.75) is 77.5 Å². The van der Waals surface area contributed by atoms with Gasteiger partial charge in [-0.05, 0) is 46.5 Å². The van der Waals surface area contributed by atoms with Crippen LogP contribution in [-0.2, 0) is 17.7 Å². The lowest BCUT2D eigenvalue weighted by atomic mass is 10.2. The average Bonchev–Trinajstić information content (AvgIpc) is 2.98. The van der Waals surface area contributed by atoms with Crippen molar-refractivity contribution < 1.29 is 9.53 Å². The third kappa shape index (κ3) is 3.10. The first-order valence-electron chi connectivity index (χ1n) is 8.37. The van der Waals surface area contributed by atoms with Crippen LogP contribution in [0.1, 0.15) is 70.6 Å². The lowest BCUT2D eigenvalue weighted by molar-refractivity contribution is 0.0215. The first kappa shape index (κ1) is 15.3. The molecule has 3 heterocycles. The van der Waals surface area contributed by atoms with Gasteiger partial charge in [0.05, 0.1) is 6.04 Å². The van der Waals surface area contributed by atoms with E-state index in [1.54, 1.807) is 0 Å². The molecule has 0 unspecified atom stereocenters. The van der Waals surface area contributed by atoms with Crippen molar-refractivity contribution in [3.8, 4) is 0 Å². The van der Waals surface area contributed by atoms with Crippen molar-refractivity contribution in [1.29, 1.82) is 0 Å². The molecule has 1 aromatic rings. The highest BCUT2D eigenvalue weighted by atomic mass is 16.6. The molecule has 2 aliphatic rings. The molecule has 122 valence electrons. The van der Waals surface area contributed by atoms with E-state index in [1.165, 1.54) is 12.8 Å². The van der Waals surface area contributed by atoms with Gasteiger partial charge in [0.25, 0.3) is 0 Å². The predicted molar refractivity (Wildman–Crippen MR) is 82.5 cm³/mol. The number of fused-ring (bicyclic) bond motifs is 1. The molecule has 22 heavy (non-hydrogen) atoms. The number of nitrogens with zero attached hydrogens (tertiary/aromatic N) is 4. The molecule has 1 saturated heterocycles. The molecule has 6 nitrogen and oxygen atoms in total. The molecule has 3 rings (SSSR count). The molecule has 0 aliphatic carbocycles. The number of ether oxygens (including phenoxy) is 1. The van der Waals surface area contributed by atoms with Crippen LogP contribution in [0.4, 0.5) is 4.79 Å². The van der Waals surface area contributed by atoms with Gasteiger partial charge in [-0.3, -0.25) is 4.90 Å². The number of amides is 1. The second kappa shape index (κ2) is 5.89. The number of carbonyl (C=O) groups is 1. The van der Waals surface area contributed by atoms with Gasteiger partial charge in [0.2, 0.25) is 0 Å². The van der Waals surface area contributed by atoms with Crippen LogP contribution in [0.2, 0.25) is 0 Å². The van der Waals surface area contributed by atoms with E-state index >= 15 is 0 Å². The van der Waals surface area contributed by atoms with Crippen molar-refractivity contribution in [2.75, 3.05) is 6.54 Å². The van der Waals surface area contributed by atoms with Gasteiger partial charge >= 0.3 is 6.09 Å². The normalized spacial score (nSPS) is 22.3. The van der Waals surface area contributed by atoms with Crippen molar-refractivity contribution in [1.82, 2.24) is 19.7 Å². The Labute approximate surface area is 131 Å². The van der Waals surface area contributed by atoms with Gasteiger partial charge in [-0.25, -0.2) is 4.79 Å². The van der Waals surface area contributed by atoms with Crippen molar-refractivity contribution in [2.24, 2.45) is 0 Å². The summed E-state index contributed by atoms with van der Waals surface area (Å²) in [6, 6.07) is 0.00852. The molecule has 0 aromatic carbocycles. The van der Waals surface area contributed by atoms with E-state index in [9.17, 15) is 4.79 Å². The molecule has 2 aliphatic heterocycles. The lowest BCUT2D eigenvalue weighted by Gasteiger charge is -2.28. The van der Waals surface area contributed by atoms with Gasteiger partial charge < -0.3 is 9.30 Å². The van der Waals surface area contributed by atoms with Crippen LogP contribution in [0.5, 0.6) is 0 Å². The third-order valence-electron chi connectivity index (χ3n) is 4.32. The number of aromatic nitrogens is 3. The molecular formula is C16H26N4O2. The minimum atomic E-state index is -0.466. The topological polar surface area (TPSA) is 60.2 Å². The largest absolute Gasteiger partial charge is 0.444 e. The molecule has 1 amide bonds. The van der Waals surface area contributed by atoms with Gasteiger partial charge in [0.1, 0.15) is 11.4 Å². The quantitative estimate of drug-likeness (QED) is 0.800. The van der Waals surface area contributed by atoms with Crippen LogP contribution in [0, 0.1) is 0 Å². The van der Waals surface area contributed by atoms with Crippen molar-refractivity contribution in [3.05, 3.63) is 11.6 Å². The summed E-state index contributed by atoms with van der Waals surface area (Å²) in [6.45, 7) is 7.41. The van der Waals surface area contributed by atoms with Crippen LogP contribution in [-0.4, -0.2) is 37.9 Å². The SMILES string of the molecule is CC(C)(C)OC(=O)N1CCC[C@H]1c1nnc2n1CCCCC2. The first-order chi connectivity index (χ1) is 10.5. The predicted octanol–water partition coefficient (Wildman–Crippen LogP) is 3.08. The minimum Gasteiger partial charge on any atom is -0.444 e. The summed E-state index contributed by atoms with van der Waals surface area (Å²) < 4.78 is 7.78. The maximum absolute atomic E-state index is 12.4. The fourth-order valence-electron chi connectivity index (χ4n) is 3.33. The zero-order chi connectivity index (χ0) is 15.7. The monoisotopic (exact) mass is 306 g/mol. The number of likely N-dealkylation sites (tertiary alicyclic amines) is 1. The Balaban J connectivity index is 1.82. The zero-order valence-electron chi connectivity index (χ0n) is 13.8. The summed E-state index contributed by atoms with van der Waals surface area (Å²) in [5.41, 5.74) is -0.466. The Morgan fingerprint density at radius 1 is 1.14 bits per heavy atom. The summed E-state index contributed by atoms with van der Waals surface area (Å²) in [7, 11) is 0. The Morgan fingerprint density at radius 2 is 1.95 bits per heavy atom. The minimum absolute atomic E-state index is 0.00852. The fourth-order valence-corrected chi connectivity index (χ4v) is 3.33. The Morgan fingerprint density at radius 3 is 2.73 bits per heavy atom. The Kier molecular flexibility index (Phi) is 4.10. The Bertz CT molecular complexity index is 547. The first-order valence-corrected chi connectivity index (χ1v) is 8.37. The van der Waals surface area contributed by atoms with Crippen LogP contribution >= 0.6 is 0 Å². The molecule has 1 atom stereocenters. The van der Waals surface area contributed by atoms with E-state index in [-0.39, 0.29) is 12.1 Å². The summed E-state index contributed by atoms with van der Waals surface area (Å²) in [5, 5.41) is 8.78. The molecular weight excluding hydrogens is 280 g/mol. The number of hydrogen-bond acceptors (Lipinski definition) is 4. The maximum Gasteiger partial charge on any atom is 0.410 e. The van der Waals surface area contributed by atoms with E-state index < -0.39 is 5.60 Å².